The number of nitro benzene ring substituents is 1. The number of pyridine rings is 1. The third kappa shape index (κ3) is 4.72. The van der Waals surface area contributed by atoms with Crippen LogP contribution in [0.2, 0.25) is 5.02 Å². The summed E-state index contributed by atoms with van der Waals surface area (Å²) >= 11 is 6.02. The molecule has 2 N–H and O–H groups in total. The molecule has 0 bridgehead atoms. The summed E-state index contributed by atoms with van der Waals surface area (Å²) in [4.78, 5) is 24.0. The fourth-order valence-electron chi connectivity index (χ4n) is 2.47. The number of anilines is 3. The Bertz CT molecular complexity index is 983. The van der Waals surface area contributed by atoms with Crippen LogP contribution in [0, 0.1) is 10.1 Å². The Morgan fingerprint density at radius 1 is 1.25 bits per heavy atom. The van der Waals surface area contributed by atoms with Gasteiger partial charge in [0.1, 0.15) is 11.5 Å². The van der Waals surface area contributed by atoms with Gasteiger partial charge in [-0.05, 0) is 37.6 Å². The van der Waals surface area contributed by atoms with E-state index in [2.05, 4.69) is 32.5 Å². The van der Waals surface area contributed by atoms with Crippen molar-refractivity contribution >= 4 is 34.7 Å². The smallest absolute Gasteiger partial charge is 0.292 e. The van der Waals surface area contributed by atoms with Crippen molar-refractivity contribution in [2.24, 2.45) is 0 Å². The van der Waals surface area contributed by atoms with E-state index >= 15 is 0 Å². The lowest BCUT2D eigenvalue weighted by Crippen LogP contribution is -2.16. The summed E-state index contributed by atoms with van der Waals surface area (Å²) in [5.41, 5.74) is 1.60. The second-order valence-electron chi connectivity index (χ2n) is 6.20. The predicted octanol–water partition coefficient (Wildman–Crippen LogP) is 5.05. The van der Waals surface area contributed by atoms with Crippen LogP contribution in [0.15, 0.2) is 48.8 Å². The molecule has 0 spiro atoms. The van der Waals surface area contributed by atoms with Gasteiger partial charge in [0.2, 0.25) is 5.95 Å². The summed E-state index contributed by atoms with van der Waals surface area (Å²) in [5, 5.41) is 17.9. The highest BCUT2D eigenvalue weighted by Gasteiger charge is 2.16. The molecule has 2 heterocycles. The number of aromatic nitrogens is 3. The summed E-state index contributed by atoms with van der Waals surface area (Å²) in [6.07, 6.45) is 4.27. The molecule has 0 fully saturated rings. The van der Waals surface area contributed by atoms with Crippen molar-refractivity contribution in [1.82, 2.24) is 15.0 Å². The Kier molecular flexibility index (Phi) is 6.00. The van der Waals surface area contributed by atoms with Crippen molar-refractivity contribution in [3.8, 4) is 11.3 Å². The molecular formula is C19H19ClN6O2. The molecule has 0 aliphatic carbocycles. The summed E-state index contributed by atoms with van der Waals surface area (Å²) in [6, 6.07) is 9.89. The molecule has 0 radical (unpaired) electrons. The molecule has 0 saturated carbocycles. The second-order valence-corrected chi connectivity index (χ2v) is 6.64. The average Bonchev–Trinajstić information content (AvgIpc) is 2.68. The zero-order valence-corrected chi connectivity index (χ0v) is 16.1. The number of nitrogens with zero attached hydrogens (tertiary/aromatic N) is 4. The van der Waals surface area contributed by atoms with Gasteiger partial charge in [-0.25, -0.2) is 4.98 Å². The van der Waals surface area contributed by atoms with Gasteiger partial charge in [0.25, 0.3) is 5.69 Å². The largest absolute Gasteiger partial charge is 0.352 e. The highest BCUT2D eigenvalue weighted by Crippen LogP contribution is 2.31. The maximum atomic E-state index is 11.3. The van der Waals surface area contributed by atoms with Gasteiger partial charge in [0, 0.05) is 41.2 Å². The minimum atomic E-state index is -0.472. The maximum absolute atomic E-state index is 11.3. The molecule has 144 valence electrons. The highest BCUT2D eigenvalue weighted by atomic mass is 35.5. The van der Waals surface area contributed by atoms with Crippen LogP contribution in [0.3, 0.4) is 0 Å². The first kappa shape index (κ1) is 19.5. The molecule has 0 unspecified atom stereocenters. The SMILES string of the molecule is CC[C@@H](C)Nc1nc(Nc2cc(Cl)ccc2[N+](=O)[O-])cc(-c2cccnc2)n1. The van der Waals surface area contributed by atoms with Gasteiger partial charge in [0.05, 0.1) is 10.6 Å². The minimum absolute atomic E-state index is 0.0950. The Balaban J connectivity index is 2.04. The van der Waals surface area contributed by atoms with E-state index in [1.807, 2.05) is 19.1 Å². The molecule has 0 amide bonds. The van der Waals surface area contributed by atoms with E-state index in [1.165, 1.54) is 18.2 Å². The van der Waals surface area contributed by atoms with Crippen LogP contribution in [0.1, 0.15) is 20.3 Å². The molecule has 0 aliphatic rings. The fraction of sp³-hybridized carbons (Fsp3) is 0.211. The van der Waals surface area contributed by atoms with Crippen LogP contribution >= 0.6 is 11.6 Å². The van der Waals surface area contributed by atoms with Crippen LogP contribution in [0.4, 0.5) is 23.1 Å². The van der Waals surface area contributed by atoms with Crippen molar-refractivity contribution in [1.29, 1.82) is 0 Å². The van der Waals surface area contributed by atoms with Gasteiger partial charge in [-0.3, -0.25) is 15.1 Å². The summed E-state index contributed by atoms with van der Waals surface area (Å²) in [7, 11) is 0. The number of rotatable bonds is 7. The minimum Gasteiger partial charge on any atom is -0.352 e. The van der Waals surface area contributed by atoms with Gasteiger partial charge in [-0.1, -0.05) is 18.5 Å². The number of nitro groups is 1. The number of hydrogen-bond donors (Lipinski definition) is 2. The number of nitrogens with one attached hydrogen (secondary N) is 2. The van der Waals surface area contributed by atoms with E-state index in [0.717, 1.165) is 12.0 Å². The molecule has 1 atom stereocenters. The topological polar surface area (TPSA) is 106 Å². The zero-order chi connectivity index (χ0) is 20.1. The average molecular weight is 399 g/mol. The monoisotopic (exact) mass is 398 g/mol. The molecule has 1 aromatic carbocycles. The van der Waals surface area contributed by atoms with Crippen molar-refractivity contribution in [2.75, 3.05) is 10.6 Å². The van der Waals surface area contributed by atoms with Crippen LogP contribution in [-0.4, -0.2) is 25.9 Å². The Morgan fingerprint density at radius 2 is 2.07 bits per heavy atom. The molecular weight excluding hydrogens is 380 g/mol. The zero-order valence-electron chi connectivity index (χ0n) is 15.4. The van der Waals surface area contributed by atoms with Gasteiger partial charge in [0.15, 0.2) is 0 Å². The first-order valence-corrected chi connectivity index (χ1v) is 9.11. The third-order valence-electron chi connectivity index (χ3n) is 4.09. The molecule has 28 heavy (non-hydrogen) atoms. The Morgan fingerprint density at radius 3 is 2.75 bits per heavy atom. The van der Waals surface area contributed by atoms with Gasteiger partial charge in [-0.2, -0.15) is 4.98 Å². The summed E-state index contributed by atoms with van der Waals surface area (Å²) in [5.74, 6) is 0.827. The van der Waals surface area contributed by atoms with Crippen molar-refractivity contribution in [3.05, 3.63) is 63.9 Å². The second kappa shape index (κ2) is 8.62. The van der Waals surface area contributed by atoms with Crippen LogP contribution in [0.5, 0.6) is 0 Å². The van der Waals surface area contributed by atoms with Crippen molar-refractivity contribution in [3.63, 3.8) is 0 Å². The lowest BCUT2D eigenvalue weighted by atomic mass is 10.2. The maximum Gasteiger partial charge on any atom is 0.292 e. The molecule has 2 aromatic heterocycles. The Hall–Kier alpha value is -3.26. The van der Waals surface area contributed by atoms with Crippen LogP contribution in [0.25, 0.3) is 11.3 Å². The molecule has 0 saturated heterocycles. The van der Waals surface area contributed by atoms with E-state index in [0.29, 0.717) is 22.5 Å². The third-order valence-corrected chi connectivity index (χ3v) is 4.32. The van der Waals surface area contributed by atoms with Gasteiger partial charge >= 0.3 is 0 Å². The standard InChI is InChI=1S/C19H19ClN6O2/c1-3-12(2)22-19-24-15(13-5-4-8-21-11-13)10-18(25-19)23-16-9-14(20)6-7-17(16)26(27)28/h4-12H,3H2,1-2H3,(H2,22,23,24,25)/t12-/m1/s1. The highest BCUT2D eigenvalue weighted by molar-refractivity contribution is 6.31. The summed E-state index contributed by atoms with van der Waals surface area (Å²) < 4.78 is 0. The Labute approximate surface area is 167 Å². The van der Waals surface area contributed by atoms with Gasteiger partial charge < -0.3 is 10.6 Å². The number of hydrogen-bond acceptors (Lipinski definition) is 7. The fourth-order valence-corrected chi connectivity index (χ4v) is 2.64. The van der Waals surface area contributed by atoms with E-state index in [-0.39, 0.29) is 17.4 Å². The lowest BCUT2D eigenvalue weighted by molar-refractivity contribution is -0.383. The van der Waals surface area contributed by atoms with Crippen LogP contribution in [-0.2, 0) is 0 Å². The van der Waals surface area contributed by atoms with Crippen molar-refractivity contribution < 1.29 is 4.92 Å². The number of halogens is 1. The molecule has 3 aromatic rings. The molecule has 0 aliphatic heterocycles. The van der Waals surface area contributed by atoms with E-state index in [1.54, 1.807) is 18.5 Å². The summed E-state index contributed by atoms with van der Waals surface area (Å²) in [6.45, 7) is 4.08. The van der Waals surface area contributed by atoms with Crippen molar-refractivity contribution in [2.45, 2.75) is 26.3 Å². The van der Waals surface area contributed by atoms with Crippen LogP contribution < -0.4 is 10.6 Å². The molecule has 3 rings (SSSR count). The van der Waals surface area contributed by atoms with Gasteiger partial charge in [-0.15, -0.1) is 0 Å². The van der Waals surface area contributed by atoms with E-state index in [9.17, 15) is 10.1 Å². The lowest BCUT2D eigenvalue weighted by Gasteiger charge is -2.14. The molecule has 8 nitrogen and oxygen atoms in total. The van der Waals surface area contributed by atoms with E-state index in [4.69, 9.17) is 11.6 Å². The number of benzene rings is 1. The molecule has 9 heteroatoms. The van der Waals surface area contributed by atoms with E-state index < -0.39 is 4.92 Å². The quantitative estimate of drug-likeness (QED) is 0.423. The first-order chi connectivity index (χ1) is 13.5. The normalized spacial score (nSPS) is 11.7. The predicted molar refractivity (Wildman–Crippen MR) is 110 cm³/mol. The first-order valence-electron chi connectivity index (χ1n) is 8.73.